The van der Waals surface area contributed by atoms with E-state index in [2.05, 4.69) is 0 Å². The third kappa shape index (κ3) is 5.08. The second kappa shape index (κ2) is 8.74. The van der Waals surface area contributed by atoms with Crippen LogP contribution >= 0.6 is 0 Å². The SMILES string of the molecule is Cc1ccc(S(=O)(=O)OCC2OC(C)[C@@H](O)[C@@H]2OS(=O)(=O)c2ccc(C)cc2)cc1. The van der Waals surface area contributed by atoms with Gasteiger partial charge in [0.1, 0.15) is 18.3 Å². The van der Waals surface area contributed by atoms with Crippen LogP contribution in [0.2, 0.25) is 0 Å². The van der Waals surface area contributed by atoms with Gasteiger partial charge >= 0.3 is 0 Å². The number of hydrogen-bond donors (Lipinski definition) is 1. The van der Waals surface area contributed by atoms with Crippen LogP contribution in [-0.4, -0.2) is 53.0 Å². The fourth-order valence-corrected chi connectivity index (χ4v) is 5.04. The Hall–Kier alpha value is -1.82. The first kappa shape index (κ1) is 22.9. The van der Waals surface area contributed by atoms with Gasteiger partial charge < -0.3 is 9.84 Å². The molecule has 3 rings (SSSR count). The van der Waals surface area contributed by atoms with Crippen molar-refractivity contribution >= 4 is 20.2 Å². The number of benzene rings is 2. The first-order valence-electron chi connectivity index (χ1n) is 9.29. The lowest BCUT2D eigenvalue weighted by Crippen LogP contribution is -2.38. The van der Waals surface area contributed by atoms with E-state index in [0.717, 1.165) is 11.1 Å². The predicted molar refractivity (Wildman–Crippen MR) is 108 cm³/mol. The molecule has 1 heterocycles. The summed E-state index contributed by atoms with van der Waals surface area (Å²) in [5.41, 5.74) is 1.76. The van der Waals surface area contributed by atoms with E-state index in [0.29, 0.717) is 0 Å². The van der Waals surface area contributed by atoms with Crippen LogP contribution in [-0.2, 0) is 33.3 Å². The second-order valence-corrected chi connectivity index (χ2v) is 10.4. The normalized spacial score (nSPS) is 24.8. The van der Waals surface area contributed by atoms with Crippen molar-refractivity contribution in [3.63, 3.8) is 0 Å². The van der Waals surface area contributed by atoms with E-state index in [9.17, 15) is 21.9 Å². The molecule has 0 bridgehead atoms. The number of aliphatic hydroxyl groups excluding tert-OH is 1. The monoisotopic (exact) mass is 456 g/mol. The fraction of sp³-hybridized carbons (Fsp3) is 0.400. The van der Waals surface area contributed by atoms with E-state index < -0.39 is 51.3 Å². The highest BCUT2D eigenvalue weighted by atomic mass is 32.2. The van der Waals surface area contributed by atoms with Gasteiger partial charge in [0.25, 0.3) is 20.2 Å². The number of aryl methyl sites for hydroxylation is 2. The maximum Gasteiger partial charge on any atom is 0.297 e. The number of ether oxygens (including phenoxy) is 1. The van der Waals surface area contributed by atoms with Gasteiger partial charge in [-0.15, -0.1) is 0 Å². The van der Waals surface area contributed by atoms with Crippen molar-refractivity contribution < 1.29 is 35.0 Å². The minimum Gasteiger partial charge on any atom is -0.388 e. The van der Waals surface area contributed by atoms with Crippen LogP contribution in [0.3, 0.4) is 0 Å². The average molecular weight is 457 g/mol. The lowest BCUT2D eigenvalue weighted by molar-refractivity contribution is -0.00275. The molecule has 2 aromatic rings. The van der Waals surface area contributed by atoms with Crippen LogP contribution in [0.25, 0.3) is 0 Å². The molecule has 30 heavy (non-hydrogen) atoms. The fourth-order valence-electron chi connectivity index (χ4n) is 3.01. The van der Waals surface area contributed by atoms with Gasteiger partial charge in [-0.05, 0) is 45.0 Å². The van der Waals surface area contributed by atoms with Gasteiger partial charge in [-0.2, -0.15) is 16.8 Å². The highest BCUT2D eigenvalue weighted by molar-refractivity contribution is 7.87. The summed E-state index contributed by atoms with van der Waals surface area (Å²) in [7, 11) is -8.30. The van der Waals surface area contributed by atoms with E-state index in [4.69, 9.17) is 13.1 Å². The molecular weight excluding hydrogens is 432 g/mol. The van der Waals surface area contributed by atoms with Crippen LogP contribution in [0.5, 0.6) is 0 Å². The van der Waals surface area contributed by atoms with Gasteiger partial charge in [0.05, 0.1) is 22.5 Å². The molecule has 0 radical (unpaired) electrons. The molecule has 0 aliphatic carbocycles. The van der Waals surface area contributed by atoms with Gasteiger partial charge in [0.2, 0.25) is 0 Å². The maximum absolute atomic E-state index is 12.6. The molecular formula is C20H24O8S2. The maximum atomic E-state index is 12.6. The molecule has 2 aromatic carbocycles. The van der Waals surface area contributed by atoms with Crippen molar-refractivity contribution in [1.29, 1.82) is 0 Å². The van der Waals surface area contributed by atoms with Crippen molar-refractivity contribution in [1.82, 2.24) is 0 Å². The summed E-state index contributed by atoms with van der Waals surface area (Å²) in [5, 5.41) is 10.3. The standard InChI is InChI=1S/C20H24O8S2/c1-13-4-8-16(9-5-13)29(22,23)26-12-18-20(19(21)15(3)27-18)28-30(24,25)17-10-6-14(2)7-11-17/h4-11,15,18-21H,12H2,1-3H3/t15?,18?,19-,20-/m1/s1. The van der Waals surface area contributed by atoms with Gasteiger partial charge in [-0.1, -0.05) is 35.4 Å². The van der Waals surface area contributed by atoms with Gasteiger partial charge in [0, 0.05) is 0 Å². The zero-order chi connectivity index (χ0) is 22.1. The van der Waals surface area contributed by atoms with Crippen molar-refractivity contribution in [3.05, 3.63) is 59.7 Å². The summed E-state index contributed by atoms with van der Waals surface area (Å²) in [5.74, 6) is 0. The average Bonchev–Trinajstić information content (AvgIpc) is 2.94. The molecule has 0 saturated carbocycles. The highest BCUT2D eigenvalue weighted by Gasteiger charge is 2.45. The molecule has 1 fully saturated rings. The Bertz CT molecular complexity index is 1080. The van der Waals surface area contributed by atoms with Crippen molar-refractivity contribution in [2.24, 2.45) is 0 Å². The Morgan fingerprint density at radius 2 is 1.33 bits per heavy atom. The van der Waals surface area contributed by atoms with Crippen molar-refractivity contribution in [3.8, 4) is 0 Å². The summed E-state index contributed by atoms with van der Waals surface area (Å²) < 4.78 is 65.8. The van der Waals surface area contributed by atoms with Crippen LogP contribution in [0, 0.1) is 13.8 Å². The molecule has 0 amide bonds. The molecule has 0 aromatic heterocycles. The molecule has 1 saturated heterocycles. The summed E-state index contributed by atoms with van der Waals surface area (Å²) in [6.45, 7) is 4.66. The number of aliphatic hydroxyl groups is 1. The largest absolute Gasteiger partial charge is 0.388 e. The third-order valence-electron chi connectivity index (χ3n) is 4.82. The van der Waals surface area contributed by atoms with E-state index in [-0.39, 0.29) is 9.79 Å². The summed E-state index contributed by atoms with van der Waals surface area (Å²) in [6, 6.07) is 12.1. The quantitative estimate of drug-likeness (QED) is 0.629. The summed E-state index contributed by atoms with van der Waals surface area (Å²) in [4.78, 5) is -0.115. The predicted octanol–water partition coefficient (Wildman–Crippen LogP) is 1.93. The molecule has 1 aliphatic heterocycles. The van der Waals surface area contributed by atoms with Crippen LogP contribution in [0.4, 0.5) is 0 Å². The third-order valence-corrected chi connectivity index (χ3v) is 7.44. The van der Waals surface area contributed by atoms with Crippen molar-refractivity contribution in [2.45, 2.75) is 55.0 Å². The zero-order valence-corrected chi connectivity index (χ0v) is 18.4. The molecule has 10 heteroatoms. The number of rotatable bonds is 7. The Labute approximate surface area is 176 Å². The van der Waals surface area contributed by atoms with Crippen molar-refractivity contribution in [2.75, 3.05) is 6.61 Å². The van der Waals surface area contributed by atoms with Gasteiger partial charge in [-0.3, -0.25) is 8.37 Å². The second-order valence-electron chi connectivity index (χ2n) is 7.25. The van der Waals surface area contributed by atoms with E-state index in [1.165, 1.54) is 31.2 Å². The van der Waals surface area contributed by atoms with Crippen LogP contribution in [0.1, 0.15) is 18.1 Å². The van der Waals surface area contributed by atoms with Crippen LogP contribution in [0.15, 0.2) is 58.3 Å². The molecule has 1 aliphatic rings. The molecule has 0 spiro atoms. The Morgan fingerprint density at radius 3 is 1.83 bits per heavy atom. The van der Waals surface area contributed by atoms with Gasteiger partial charge in [-0.25, -0.2) is 0 Å². The Balaban J connectivity index is 1.75. The Kier molecular flexibility index (Phi) is 6.66. The Morgan fingerprint density at radius 1 is 0.867 bits per heavy atom. The lowest BCUT2D eigenvalue weighted by Gasteiger charge is -2.20. The zero-order valence-electron chi connectivity index (χ0n) is 16.8. The minimum atomic E-state index is -4.21. The van der Waals surface area contributed by atoms with Crippen LogP contribution < -0.4 is 0 Å². The van der Waals surface area contributed by atoms with E-state index >= 15 is 0 Å². The molecule has 2 unspecified atom stereocenters. The number of hydrogen-bond acceptors (Lipinski definition) is 8. The lowest BCUT2D eigenvalue weighted by atomic mass is 10.1. The smallest absolute Gasteiger partial charge is 0.297 e. The summed E-state index contributed by atoms with van der Waals surface area (Å²) in [6.07, 6.45) is -4.46. The van der Waals surface area contributed by atoms with E-state index in [1.54, 1.807) is 24.3 Å². The molecule has 8 nitrogen and oxygen atoms in total. The highest BCUT2D eigenvalue weighted by Crippen LogP contribution is 2.28. The van der Waals surface area contributed by atoms with E-state index in [1.807, 2.05) is 13.8 Å². The molecule has 4 atom stereocenters. The molecule has 1 N–H and O–H groups in total. The summed E-state index contributed by atoms with van der Waals surface area (Å²) >= 11 is 0. The first-order valence-corrected chi connectivity index (χ1v) is 12.1. The minimum absolute atomic E-state index is 0.0376. The topological polar surface area (TPSA) is 116 Å². The molecule has 164 valence electrons. The first-order chi connectivity index (χ1) is 14.0. The van der Waals surface area contributed by atoms with Gasteiger partial charge in [0.15, 0.2) is 0 Å².